The number of hydroxylamine groups is 1. The van der Waals surface area contributed by atoms with Crippen LogP contribution in [0.3, 0.4) is 0 Å². The number of carbonyl (C=O) groups is 1. The highest BCUT2D eigenvalue weighted by Crippen LogP contribution is 2.23. The molecule has 0 aromatic heterocycles. The second-order valence-corrected chi connectivity index (χ2v) is 5.37. The minimum Gasteiger partial charge on any atom is -0.354 e. The van der Waals surface area contributed by atoms with Gasteiger partial charge < -0.3 is 5.32 Å². The van der Waals surface area contributed by atoms with Crippen LogP contribution in [0.15, 0.2) is 48.2 Å². The van der Waals surface area contributed by atoms with Gasteiger partial charge in [0.15, 0.2) is 0 Å². The lowest BCUT2D eigenvalue weighted by Crippen LogP contribution is -2.28. The lowest BCUT2D eigenvalue weighted by Gasteiger charge is -2.09. The Hall–Kier alpha value is -2.59. The van der Waals surface area contributed by atoms with E-state index in [0.717, 1.165) is 16.7 Å². The Bertz CT molecular complexity index is 736. The Morgan fingerprint density at radius 1 is 1.04 bits per heavy atom. The molecule has 0 aliphatic rings. The molecule has 0 heterocycles. The van der Waals surface area contributed by atoms with Gasteiger partial charge in [-0.05, 0) is 53.8 Å². The van der Waals surface area contributed by atoms with Crippen LogP contribution in [0.2, 0.25) is 0 Å². The average Bonchev–Trinajstić information content (AvgIpc) is 2.56. The second-order valence-electron chi connectivity index (χ2n) is 5.37. The zero-order chi connectivity index (χ0) is 16.8. The van der Waals surface area contributed by atoms with E-state index in [-0.39, 0.29) is 5.91 Å². The van der Waals surface area contributed by atoms with Crippen LogP contribution in [0.25, 0.3) is 17.2 Å². The number of carbonyl (C=O) groups excluding carboxylic acids is 1. The average molecular weight is 310 g/mol. The van der Waals surface area contributed by atoms with E-state index < -0.39 is 0 Å². The number of rotatable bonds is 5. The molecule has 2 aromatic carbocycles. The molecule has 0 saturated heterocycles. The molecule has 2 rings (SSSR count). The smallest absolute Gasteiger partial charge is 0.269 e. The molecule has 1 amide bonds. The molecule has 2 N–H and O–H groups in total. The SMILES string of the molecule is CNC(=O)C(=Cc1cccc(-c2ccc(C)c(C)c2)c1)NOC. The molecular formula is C19H22N2O2. The number of nitrogens with one attached hydrogen (secondary N) is 2. The fourth-order valence-corrected chi connectivity index (χ4v) is 2.28. The second kappa shape index (κ2) is 7.61. The summed E-state index contributed by atoms with van der Waals surface area (Å²) in [4.78, 5) is 16.7. The highest BCUT2D eigenvalue weighted by Gasteiger charge is 2.07. The summed E-state index contributed by atoms with van der Waals surface area (Å²) >= 11 is 0. The maximum atomic E-state index is 11.8. The Kier molecular flexibility index (Phi) is 5.55. The third-order valence-electron chi connectivity index (χ3n) is 3.72. The summed E-state index contributed by atoms with van der Waals surface area (Å²) in [6.07, 6.45) is 1.76. The standard InChI is InChI=1S/C19H22N2O2/c1-13-8-9-17(10-14(13)2)16-7-5-6-15(11-16)12-18(21-23-4)19(22)20-3/h5-12,21H,1-4H3,(H,20,22). The van der Waals surface area contributed by atoms with Crippen LogP contribution in [0.4, 0.5) is 0 Å². The molecule has 4 nitrogen and oxygen atoms in total. The first-order valence-corrected chi connectivity index (χ1v) is 7.45. The van der Waals surface area contributed by atoms with Crippen LogP contribution in [0, 0.1) is 13.8 Å². The Morgan fingerprint density at radius 3 is 2.43 bits per heavy atom. The predicted octanol–water partition coefficient (Wildman–Crippen LogP) is 3.21. The van der Waals surface area contributed by atoms with Crippen molar-refractivity contribution < 1.29 is 9.63 Å². The first-order valence-electron chi connectivity index (χ1n) is 7.45. The topological polar surface area (TPSA) is 50.4 Å². The molecule has 0 radical (unpaired) electrons. The number of hydrogen-bond donors (Lipinski definition) is 2. The van der Waals surface area contributed by atoms with Gasteiger partial charge in [0.2, 0.25) is 0 Å². The minimum atomic E-state index is -0.233. The zero-order valence-electron chi connectivity index (χ0n) is 13.9. The van der Waals surface area contributed by atoms with Gasteiger partial charge in [0.25, 0.3) is 5.91 Å². The van der Waals surface area contributed by atoms with Gasteiger partial charge in [0.1, 0.15) is 5.70 Å². The van der Waals surface area contributed by atoms with Crippen LogP contribution in [0.1, 0.15) is 16.7 Å². The maximum absolute atomic E-state index is 11.8. The summed E-state index contributed by atoms with van der Waals surface area (Å²) in [5.74, 6) is -0.233. The van der Waals surface area contributed by atoms with Crippen molar-refractivity contribution in [1.29, 1.82) is 0 Å². The number of likely N-dealkylation sites (N-methyl/N-ethyl adjacent to an activating group) is 1. The lowest BCUT2D eigenvalue weighted by molar-refractivity contribution is -0.118. The minimum absolute atomic E-state index is 0.233. The van der Waals surface area contributed by atoms with Gasteiger partial charge in [-0.1, -0.05) is 36.4 Å². The van der Waals surface area contributed by atoms with Crippen molar-refractivity contribution in [3.8, 4) is 11.1 Å². The number of benzene rings is 2. The normalized spacial score (nSPS) is 11.2. The molecule has 0 atom stereocenters. The summed E-state index contributed by atoms with van der Waals surface area (Å²) in [7, 11) is 3.06. The highest BCUT2D eigenvalue weighted by molar-refractivity contribution is 5.97. The lowest BCUT2D eigenvalue weighted by atomic mass is 9.99. The van der Waals surface area contributed by atoms with Crippen molar-refractivity contribution in [3.05, 3.63) is 64.9 Å². The van der Waals surface area contributed by atoms with Crippen molar-refractivity contribution >= 4 is 12.0 Å². The van der Waals surface area contributed by atoms with Crippen LogP contribution in [-0.2, 0) is 9.63 Å². The Balaban J connectivity index is 2.38. The quantitative estimate of drug-likeness (QED) is 0.658. The van der Waals surface area contributed by atoms with Crippen molar-refractivity contribution in [3.63, 3.8) is 0 Å². The van der Waals surface area contributed by atoms with Crippen LogP contribution in [-0.4, -0.2) is 20.1 Å². The van der Waals surface area contributed by atoms with E-state index >= 15 is 0 Å². The Labute approximate surface area is 137 Å². The number of aryl methyl sites for hydroxylation is 2. The summed E-state index contributed by atoms with van der Waals surface area (Å²) in [5, 5.41) is 2.58. The van der Waals surface area contributed by atoms with Gasteiger partial charge >= 0.3 is 0 Å². The fourth-order valence-electron chi connectivity index (χ4n) is 2.28. The van der Waals surface area contributed by atoms with E-state index in [2.05, 4.69) is 48.9 Å². The van der Waals surface area contributed by atoms with Gasteiger partial charge in [0.05, 0.1) is 7.11 Å². The fraction of sp³-hybridized carbons (Fsp3) is 0.211. The molecule has 0 saturated carbocycles. The zero-order valence-corrected chi connectivity index (χ0v) is 13.9. The summed E-state index contributed by atoms with van der Waals surface area (Å²) in [6.45, 7) is 4.21. The first kappa shape index (κ1) is 16.8. The van der Waals surface area contributed by atoms with E-state index in [1.54, 1.807) is 13.1 Å². The Morgan fingerprint density at radius 2 is 1.78 bits per heavy atom. The van der Waals surface area contributed by atoms with Gasteiger partial charge in [-0.15, -0.1) is 0 Å². The van der Waals surface area contributed by atoms with Gasteiger partial charge in [-0.3, -0.25) is 15.1 Å². The number of amides is 1. The van der Waals surface area contributed by atoms with Gasteiger partial charge in [-0.2, -0.15) is 0 Å². The molecule has 120 valence electrons. The van der Waals surface area contributed by atoms with E-state index in [0.29, 0.717) is 5.70 Å². The van der Waals surface area contributed by atoms with Crippen LogP contribution < -0.4 is 10.8 Å². The van der Waals surface area contributed by atoms with Crippen molar-refractivity contribution in [2.75, 3.05) is 14.2 Å². The third kappa shape index (κ3) is 4.20. The molecule has 0 spiro atoms. The van der Waals surface area contributed by atoms with Gasteiger partial charge in [-0.25, -0.2) is 0 Å². The third-order valence-corrected chi connectivity index (χ3v) is 3.72. The molecule has 0 unspecified atom stereocenters. The molecule has 0 bridgehead atoms. The summed E-state index contributed by atoms with van der Waals surface area (Å²) in [5.41, 5.74) is 8.68. The molecule has 0 aliphatic carbocycles. The molecule has 4 heteroatoms. The van der Waals surface area contributed by atoms with E-state index in [4.69, 9.17) is 4.84 Å². The molecule has 23 heavy (non-hydrogen) atoms. The van der Waals surface area contributed by atoms with E-state index in [1.807, 2.05) is 18.2 Å². The number of hydrogen-bond acceptors (Lipinski definition) is 3. The van der Waals surface area contributed by atoms with Crippen LogP contribution >= 0.6 is 0 Å². The largest absolute Gasteiger partial charge is 0.354 e. The molecule has 0 fully saturated rings. The first-order chi connectivity index (χ1) is 11.0. The van der Waals surface area contributed by atoms with E-state index in [9.17, 15) is 4.79 Å². The van der Waals surface area contributed by atoms with E-state index in [1.165, 1.54) is 18.2 Å². The maximum Gasteiger partial charge on any atom is 0.269 e. The predicted molar refractivity (Wildman–Crippen MR) is 93.5 cm³/mol. The summed E-state index contributed by atoms with van der Waals surface area (Å²) in [6, 6.07) is 14.4. The molecule has 0 aliphatic heterocycles. The van der Waals surface area contributed by atoms with Crippen molar-refractivity contribution in [2.24, 2.45) is 0 Å². The summed E-state index contributed by atoms with van der Waals surface area (Å²) < 4.78 is 0. The van der Waals surface area contributed by atoms with Gasteiger partial charge in [0, 0.05) is 7.05 Å². The van der Waals surface area contributed by atoms with Crippen molar-refractivity contribution in [2.45, 2.75) is 13.8 Å². The molecule has 2 aromatic rings. The highest BCUT2D eigenvalue weighted by atomic mass is 16.6. The molecular weight excluding hydrogens is 288 g/mol. The van der Waals surface area contributed by atoms with Crippen LogP contribution in [0.5, 0.6) is 0 Å². The van der Waals surface area contributed by atoms with Crippen molar-refractivity contribution in [1.82, 2.24) is 10.8 Å². The monoisotopic (exact) mass is 310 g/mol.